The molecule has 1 aromatic rings. The van der Waals surface area contributed by atoms with Crippen LogP contribution in [-0.4, -0.2) is 17.8 Å². The Labute approximate surface area is 100 Å². The number of benzene rings is 1. The number of aliphatic hydroxyl groups excluding tert-OH is 1. The summed E-state index contributed by atoms with van der Waals surface area (Å²) in [6.07, 6.45) is 0.843. The number of rotatable bonds is 5. The van der Waals surface area contributed by atoms with E-state index in [1.807, 2.05) is 13.8 Å². The van der Waals surface area contributed by atoms with Crippen molar-refractivity contribution in [3.63, 3.8) is 0 Å². The van der Waals surface area contributed by atoms with Crippen molar-refractivity contribution >= 4 is 11.6 Å². The maximum absolute atomic E-state index is 13.0. The predicted octanol–water partition coefficient (Wildman–Crippen LogP) is 2.90. The Hall–Kier alpha value is -0.640. The minimum absolute atomic E-state index is 0.0372. The lowest BCUT2D eigenvalue weighted by molar-refractivity contribution is 0.230. The third kappa shape index (κ3) is 3.44. The smallest absolute Gasteiger partial charge is 0.141 e. The van der Waals surface area contributed by atoms with Gasteiger partial charge in [-0.25, -0.2) is 4.39 Å². The molecule has 0 bridgehead atoms. The first kappa shape index (κ1) is 13.4. The molecule has 2 atom stereocenters. The Morgan fingerprint density at radius 2 is 2.19 bits per heavy atom. The molecule has 0 aliphatic rings. The fourth-order valence-electron chi connectivity index (χ4n) is 1.53. The van der Waals surface area contributed by atoms with Gasteiger partial charge in [0.15, 0.2) is 0 Å². The van der Waals surface area contributed by atoms with Gasteiger partial charge in [0.2, 0.25) is 0 Å². The summed E-state index contributed by atoms with van der Waals surface area (Å²) >= 11 is 5.71. The Kier molecular flexibility index (Phi) is 5.19. The summed E-state index contributed by atoms with van der Waals surface area (Å²) in [5, 5.41) is 12.4. The summed E-state index contributed by atoms with van der Waals surface area (Å²) in [5.41, 5.74) is 0.915. The van der Waals surface area contributed by atoms with E-state index in [1.165, 1.54) is 6.07 Å². The van der Waals surface area contributed by atoms with Crippen molar-refractivity contribution in [3.05, 3.63) is 34.6 Å². The molecule has 0 aliphatic heterocycles. The van der Waals surface area contributed by atoms with Gasteiger partial charge in [0.1, 0.15) is 5.82 Å². The molecule has 4 heteroatoms. The fraction of sp³-hybridized carbons (Fsp3) is 0.500. The molecule has 1 unspecified atom stereocenters. The first-order valence-electron chi connectivity index (χ1n) is 5.40. The van der Waals surface area contributed by atoms with Gasteiger partial charge < -0.3 is 10.4 Å². The standard InChI is InChI=1S/C12H17ClFNO/c1-3-10(7-16)15-8(2)9-4-5-12(14)11(13)6-9/h4-6,8,10,15-16H,3,7H2,1-2H3/t8?,10-/m0/s1. The second-order valence-electron chi connectivity index (χ2n) is 3.85. The predicted molar refractivity (Wildman–Crippen MR) is 64.1 cm³/mol. The van der Waals surface area contributed by atoms with Crippen LogP contribution >= 0.6 is 11.6 Å². The van der Waals surface area contributed by atoms with Gasteiger partial charge in [0, 0.05) is 12.1 Å². The molecular formula is C12H17ClFNO. The van der Waals surface area contributed by atoms with E-state index in [9.17, 15) is 4.39 Å². The number of hydrogen-bond donors (Lipinski definition) is 2. The molecule has 1 rings (SSSR count). The Balaban J connectivity index is 2.72. The van der Waals surface area contributed by atoms with Crippen molar-refractivity contribution in [2.75, 3.05) is 6.61 Å². The molecule has 1 aromatic carbocycles. The van der Waals surface area contributed by atoms with Gasteiger partial charge in [-0.1, -0.05) is 24.6 Å². The van der Waals surface area contributed by atoms with Crippen LogP contribution in [0.5, 0.6) is 0 Å². The molecular weight excluding hydrogens is 229 g/mol. The van der Waals surface area contributed by atoms with Crippen LogP contribution in [0.2, 0.25) is 5.02 Å². The first-order valence-corrected chi connectivity index (χ1v) is 5.78. The minimum Gasteiger partial charge on any atom is -0.395 e. The van der Waals surface area contributed by atoms with E-state index in [2.05, 4.69) is 5.32 Å². The first-order chi connectivity index (χ1) is 7.58. The number of halogens is 2. The molecule has 0 saturated heterocycles. The van der Waals surface area contributed by atoms with Crippen LogP contribution in [0.25, 0.3) is 0 Å². The van der Waals surface area contributed by atoms with Crippen LogP contribution in [-0.2, 0) is 0 Å². The van der Waals surface area contributed by atoms with Crippen molar-refractivity contribution in [2.24, 2.45) is 0 Å². The molecule has 0 aliphatic carbocycles. The lowest BCUT2D eigenvalue weighted by Gasteiger charge is -2.21. The van der Waals surface area contributed by atoms with E-state index in [-0.39, 0.29) is 23.7 Å². The zero-order chi connectivity index (χ0) is 12.1. The highest BCUT2D eigenvalue weighted by molar-refractivity contribution is 6.30. The maximum atomic E-state index is 13.0. The van der Waals surface area contributed by atoms with Crippen LogP contribution in [0, 0.1) is 5.82 Å². The highest BCUT2D eigenvalue weighted by atomic mass is 35.5. The monoisotopic (exact) mass is 245 g/mol. The molecule has 0 saturated carbocycles. The van der Waals surface area contributed by atoms with Crippen LogP contribution in [0.3, 0.4) is 0 Å². The van der Waals surface area contributed by atoms with Gasteiger partial charge in [-0.05, 0) is 31.0 Å². The normalized spacial score (nSPS) is 14.8. The summed E-state index contributed by atoms with van der Waals surface area (Å²) < 4.78 is 13.0. The van der Waals surface area contributed by atoms with E-state index in [0.717, 1.165) is 12.0 Å². The third-order valence-electron chi connectivity index (χ3n) is 2.64. The van der Waals surface area contributed by atoms with Crippen LogP contribution < -0.4 is 5.32 Å². The Bertz CT molecular complexity index is 342. The molecule has 16 heavy (non-hydrogen) atoms. The average molecular weight is 246 g/mol. The topological polar surface area (TPSA) is 32.3 Å². The molecule has 0 fully saturated rings. The molecule has 0 radical (unpaired) electrons. The van der Waals surface area contributed by atoms with Crippen LogP contribution in [0.4, 0.5) is 4.39 Å². The van der Waals surface area contributed by atoms with Crippen molar-refractivity contribution in [2.45, 2.75) is 32.4 Å². The van der Waals surface area contributed by atoms with E-state index >= 15 is 0 Å². The third-order valence-corrected chi connectivity index (χ3v) is 2.93. The molecule has 2 nitrogen and oxygen atoms in total. The molecule has 0 heterocycles. The van der Waals surface area contributed by atoms with Gasteiger partial charge in [-0.3, -0.25) is 0 Å². The highest BCUT2D eigenvalue weighted by Gasteiger charge is 2.12. The van der Waals surface area contributed by atoms with Gasteiger partial charge in [-0.2, -0.15) is 0 Å². The Morgan fingerprint density at radius 3 is 2.69 bits per heavy atom. The summed E-state index contributed by atoms with van der Waals surface area (Å²) in [4.78, 5) is 0. The van der Waals surface area contributed by atoms with Gasteiger partial charge in [-0.15, -0.1) is 0 Å². The second kappa shape index (κ2) is 6.18. The zero-order valence-corrected chi connectivity index (χ0v) is 10.3. The molecule has 0 spiro atoms. The molecule has 90 valence electrons. The lowest BCUT2D eigenvalue weighted by Crippen LogP contribution is -2.33. The number of hydrogen-bond acceptors (Lipinski definition) is 2. The highest BCUT2D eigenvalue weighted by Crippen LogP contribution is 2.21. The number of nitrogens with one attached hydrogen (secondary N) is 1. The maximum Gasteiger partial charge on any atom is 0.141 e. The number of aliphatic hydroxyl groups is 1. The van der Waals surface area contributed by atoms with Gasteiger partial charge >= 0.3 is 0 Å². The van der Waals surface area contributed by atoms with Crippen molar-refractivity contribution in [1.82, 2.24) is 5.32 Å². The van der Waals surface area contributed by atoms with E-state index in [4.69, 9.17) is 16.7 Å². The molecule has 2 N–H and O–H groups in total. The van der Waals surface area contributed by atoms with Gasteiger partial charge in [0.25, 0.3) is 0 Å². The Morgan fingerprint density at radius 1 is 1.50 bits per heavy atom. The van der Waals surface area contributed by atoms with Crippen LogP contribution in [0.15, 0.2) is 18.2 Å². The van der Waals surface area contributed by atoms with Crippen LogP contribution in [0.1, 0.15) is 31.9 Å². The van der Waals surface area contributed by atoms with E-state index < -0.39 is 5.82 Å². The molecule has 0 amide bonds. The quantitative estimate of drug-likeness (QED) is 0.836. The molecule has 0 aromatic heterocycles. The summed E-state index contributed by atoms with van der Waals surface area (Å²) in [6, 6.07) is 4.76. The average Bonchev–Trinajstić information content (AvgIpc) is 2.29. The summed E-state index contributed by atoms with van der Waals surface area (Å²) in [7, 11) is 0. The summed E-state index contributed by atoms with van der Waals surface area (Å²) in [5.74, 6) is -0.410. The lowest BCUT2D eigenvalue weighted by atomic mass is 10.1. The largest absolute Gasteiger partial charge is 0.395 e. The van der Waals surface area contributed by atoms with E-state index in [1.54, 1.807) is 12.1 Å². The van der Waals surface area contributed by atoms with Crippen molar-refractivity contribution < 1.29 is 9.50 Å². The minimum atomic E-state index is -0.410. The fourth-order valence-corrected chi connectivity index (χ4v) is 1.72. The van der Waals surface area contributed by atoms with Crippen molar-refractivity contribution in [3.8, 4) is 0 Å². The summed E-state index contributed by atoms with van der Waals surface area (Å²) in [6.45, 7) is 4.05. The second-order valence-corrected chi connectivity index (χ2v) is 4.26. The zero-order valence-electron chi connectivity index (χ0n) is 9.50. The van der Waals surface area contributed by atoms with Gasteiger partial charge in [0.05, 0.1) is 11.6 Å². The van der Waals surface area contributed by atoms with Crippen molar-refractivity contribution in [1.29, 1.82) is 0 Å². The van der Waals surface area contributed by atoms with E-state index in [0.29, 0.717) is 0 Å². The SMILES string of the molecule is CC[C@@H](CO)NC(C)c1ccc(F)c(Cl)c1.